The fraction of sp³-hybridized carbons (Fsp3) is 0.500. The quantitative estimate of drug-likeness (QED) is 0.186. The number of amides is 3. The molecule has 15 heteroatoms. The number of carboxylic acid groups (broad SMARTS) is 1. The number of hydrogen-bond donors (Lipinski definition) is 2. The second kappa shape index (κ2) is 16.8. The molecule has 1 aromatic heterocycles. The molecule has 1 aliphatic heterocycles. The van der Waals surface area contributed by atoms with Crippen LogP contribution in [0.5, 0.6) is 5.75 Å². The third-order valence-electron chi connectivity index (χ3n) is 9.14. The van der Waals surface area contributed by atoms with Gasteiger partial charge in [0.15, 0.2) is 17.6 Å². The molecule has 3 amide bonds. The number of benzene rings is 1. The summed E-state index contributed by atoms with van der Waals surface area (Å²) >= 11 is 2.67. The topological polar surface area (TPSA) is 176 Å². The zero-order chi connectivity index (χ0) is 37.6. The number of aromatic nitrogens is 1. The molecule has 0 saturated heterocycles. The Bertz CT molecular complexity index is 1840. The van der Waals surface area contributed by atoms with Gasteiger partial charge in [-0.15, -0.1) is 23.1 Å². The Hall–Kier alpha value is -4.37. The highest BCUT2D eigenvalue weighted by atomic mass is 32.2. The minimum absolute atomic E-state index is 0.00972. The van der Waals surface area contributed by atoms with Crippen molar-refractivity contribution in [2.24, 2.45) is 10.4 Å². The van der Waals surface area contributed by atoms with Crippen molar-refractivity contribution < 1.29 is 38.6 Å². The van der Waals surface area contributed by atoms with Crippen LogP contribution >= 0.6 is 23.1 Å². The van der Waals surface area contributed by atoms with Gasteiger partial charge in [0.1, 0.15) is 15.8 Å². The van der Waals surface area contributed by atoms with E-state index in [4.69, 9.17) is 4.74 Å². The highest BCUT2D eigenvalue weighted by molar-refractivity contribution is 8.15. The van der Waals surface area contributed by atoms with E-state index in [2.05, 4.69) is 15.3 Å². The number of nitrogens with zero attached hydrogens (tertiary/aromatic N) is 4. The number of fused-ring (bicyclic) bond motifs is 1. The van der Waals surface area contributed by atoms with Crippen LogP contribution in [0.25, 0.3) is 10.2 Å². The van der Waals surface area contributed by atoms with Gasteiger partial charge in [0.2, 0.25) is 11.8 Å². The van der Waals surface area contributed by atoms with Gasteiger partial charge in [0, 0.05) is 86.1 Å². The Morgan fingerprint density at radius 2 is 1.71 bits per heavy atom. The van der Waals surface area contributed by atoms with Crippen LogP contribution in [-0.2, 0) is 24.0 Å². The summed E-state index contributed by atoms with van der Waals surface area (Å²) in [6.07, 6.45) is 1.74. The Balaban J connectivity index is 1.43. The maximum Gasteiger partial charge on any atom is 0.415 e. The van der Waals surface area contributed by atoms with Gasteiger partial charge in [-0.25, -0.2) is 14.6 Å². The third-order valence-corrected chi connectivity index (χ3v) is 11.3. The number of Topliss-reactive ketones (excluding diaryl/α,β-unsaturated/α-hetero) is 2. The SMILES string of the molecule is CNC(=O)CCCCCN(CCN(C)C(=O)CC(C)(C)C1=C(C)C(=O)C(C)=C(C)C1=O)C(=O)Oc1ccc2nc(C3=NC(C(=O)O)CS3)sc2c1. The molecule has 0 radical (unpaired) electrons. The predicted molar refractivity (Wildman–Crippen MR) is 197 cm³/mol. The van der Waals surface area contributed by atoms with E-state index >= 15 is 0 Å². The first-order chi connectivity index (χ1) is 24.0. The lowest BCUT2D eigenvalue weighted by Gasteiger charge is -2.33. The summed E-state index contributed by atoms with van der Waals surface area (Å²) < 4.78 is 6.54. The van der Waals surface area contributed by atoms with E-state index in [9.17, 15) is 33.9 Å². The Morgan fingerprint density at radius 3 is 2.37 bits per heavy atom. The molecule has 0 fully saturated rings. The average molecular weight is 740 g/mol. The van der Waals surface area contributed by atoms with Gasteiger partial charge >= 0.3 is 12.1 Å². The zero-order valence-corrected chi connectivity index (χ0v) is 31.7. The van der Waals surface area contributed by atoms with Crippen LogP contribution < -0.4 is 10.1 Å². The number of carbonyl (C=O) groups excluding carboxylic acids is 5. The van der Waals surface area contributed by atoms with Gasteiger partial charge in [0.05, 0.1) is 10.2 Å². The fourth-order valence-corrected chi connectivity index (χ4v) is 8.02. The molecular formula is C36H45N5O8S2. The number of likely N-dealkylation sites (N-methyl/N-ethyl adjacent to an activating group) is 1. The van der Waals surface area contributed by atoms with Crippen LogP contribution in [0.1, 0.15) is 71.7 Å². The summed E-state index contributed by atoms with van der Waals surface area (Å²) in [5.41, 5.74) is 1.29. The molecule has 1 unspecified atom stereocenters. The van der Waals surface area contributed by atoms with Gasteiger partial charge in [-0.2, -0.15) is 0 Å². The molecule has 2 aliphatic rings. The maximum absolute atomic E-state index is 13.5. The number of ether oxygens (including phenoxy) is 1. The van der Waals surface area contributed by atoms with E-state index in [0.29, 0.717) is 81.6 Å². The van der Waals surface area contributed by atoms with Crippen LogP contribution in [0.2, 0.25) is 0 Å². The van der Waals surface area contributed by atoms with E-state index in [0.717, 1.165) is 4.70 Å². The zero-order valence-electron chi connectivity index (χ0n) is 30.1. The van der Waals surface area contributed by atoms with E-state index in [1.165, 1.54) is 32.9 Å². The molecular weight excluding hydrogens is 695 g/mol. The number of carboxylic acids is 1. The first-order valence-electron chi connectivity index (χ1n) is 16.8. The van der Waals surface area contributed by atoms with E-state index in [1.54, 1.807) is 66.9 Å². The highest BCUT2D eigenvalue weighted by Gasteiger charge is 2.39. The van der Waals surface area contributed by atoms with Crippen molar-refractivity contribution in [1.29, 1.82) is 0 Å². The lowest BCUT2D eigenvalue weighted by Crippen LogP contribution is -2.42. The molecule has 2 heterocycles. The molecule has 2 N–H and O–H groups in total. The molecule has 2 aromatic rings. The van der Waals surface area contributed by atoms with E-state index < -0.39 is 23.5 Å². The molecule has 4 rings (SSSR count). The van der Waals surface area contributed by atoms with Crippen molar-refractivity contribution >= 4 is 73.8 Å². The minimum Gasteiger partial charge on any atom is -0.480 e. The van der Waals surface area contributed by atoms with Gasteiger partial charge in [-0.1, -0.05) is 20.3 Å². The Labute approximate surface area is 305 Å². The molecule has 0 spiro atoms. The second-order valence-electron chi connectivity index (χ2n) is 13.4. The predicted octanol–water partition coefficient (Wildman–Crippen LogP) is 5.03. The normalized spacial score (nSPS) is 16.5. The van der Waals surface area contributed by atoms with Gasteiger partial charge in [-0.3, -0.25) is 24.2 Å². The Kier molecular flexibility index (Phi) is 13.0. The number of unbranched alkanes of at least 4 members (excludes halogenated alkanes) is 2. The maximum atomic E-state index is 13.5. The van der Waals surface area contributed by atoms with Crippen molar-refractivity contribution in [3.63, 3.8) is 0 Å². The number of aliphatic imine (C=N–C) groups is 1. The van der Waals surface area contributed by atoms with Crippen LogP contribution in [0.15, 0.2) is 45.5 Å². The minimum atomic E-state index is -0.979. The van der Waals surface area contributed by atoms with Crippen LogP contribution in [0.3, 0.4) is 0 Å². The number of carbonyl (C=O) groups is 6. The molecule has 0 bridgehead atoms. The summed E-state index contributed by atoms with van der Waals surface area (Å²) in [7, 11) is 3.22. The number of ketones is 2. The fourth-order valence-electron chi connectivity index (χ4n) is 5.93. The van der Waals surface area contributed by atoms with Gasteiger partial charge in [-0.05, 0) is 45.7 Å². The molecule has 51 heavy (non-hydrogen) atoms. The summed E-state index contributed by atoms with van der Waals surface area (Å²) in [4.78, 5) is 87.8. The lowest BCUT2D eigenvalue weighted by atomic mass is 9.71. The first kappa shape index (κ1) is 39.4. The first-order valence-corrected chi connectivity index (χ1v) is 18.6. The molecule has 13 nitrogen and oxygen atoms in total. The third kappa shape index (κ3) is 9.50. The highest BCUT2D eigenvalue weighted by Crippen LogP contribution is 2.39. The summed E-state index contributed by atoms with van der Waals surface area (Å²) in [6.45, 7) is 9.18. The second-order valence-corrected chi connectivity index (χ2v) is 15.4. The van der Waals surface area contributed by atoms with E-state index in [-0.39, 0.29) is 42.9 Å². The number of allylic oxidation sites excluding steroid dienone is 4. The number of aliphatic carboxylic acids is 1. The van der Waals surface area contributed by atoms with E-state index in [1.807, 2.05) is 0 Å². The van der Waals surface area contributed by atoms with Crippen LogP contribution in [0, 0.1) is 5.41 Å². The monoisotopic (exact) mass is 739 g/mol. The largest absolute Gasteiger partial charge is 0.480 e. The van der Waals surface area contributed by atoms with Gasteiger partial charge in [0.25, 0.3) is 0 Å². The van der Waals surface area contributed by atoms with Crippen molar-refractivity contribution in [2.45, 2.75) is 72.8 Å². The van der Waals surface area contributed by atoms with Crippen LogP contribution in [-0.4, -0.2) is 106 Å². The molecule has 1 aliphatic carbocycles. The lowest BCUT2D eigenvalue weighted by molar-refractivity contribution is -0.138. The number of rotatable bonds is 15. The number of thiazole rings is 1. The smallest absolute Gasteiger partial charge is 0.415 e. The molecule has 274 valence electrons. The summed E-state index contributed by atoms with van der Waals surface area (Å²) in [6, 6.07) is 4.27. The van der Waals surface area contributed by atoms with Crippen LogP contribution in [0.4, 0.5) is 4.79 Å². The summed E-state index contributed by atoms with van der Waals surface area (Å²) in [5.74, 6) is -1.03. The molecule has 1 aromatic carbocycles. The molecule has 1 atom stereocenters. The van der Waals surface area contributed by atoms with Crippen molar-refractivity contribution in [3.05, 3.63) is 45.5 Å². The molecule has 0 saturated carbocycles. The van der Waals surface area contributed by atoms with Gasteiger partial charge < -0.3 is 25.0 Å². The van der Waals surface area contributed by atoms with Crippen molar-refractivity contribution in [1.82, 2.24) is 20.1 Å². The average Bonchev–Trinajstić information content (AvgIpc) is 3.75. The summed E-state index contributed by atoms with van der Waals surface area (Å²) in [5, 5.41) is 13.0. The van der Waals surface area contributed by atoms with Crippen molar-refractivity contribution in [2.75, 3.05) is 39.5 Å². The van der Waals surface area contributed by atoms with Crippen molar-refractivity contribution in [3.8, 4) is 5.75 Å². The number of nitrogens with one attached hydrogen (secondary N) is 1. The number of thioether (sulfide) groups is 1. The standard InChI is InChI=1S/C36H45N5O8S2/c1-20-21(2)31(45)29(22(3)30(20)44)36(4,5)18-28(43)40(7)15-16-41(14-10-8-9-11-27(42)37-6)35(48)49-23-12-13-24-26(17-23)51-33(38-24)32-39-25(19-50-32)34(46)47/h12-13,17,25H,8-11,14-16,18-19H2,1-7H3,(H,37,42)(H,46,47). The Morgan fingerprint density at radius 1 is 1.00 bits per heavy atom. The number of hydrogen-bond acceptors (Lipinski definition) is 11.